The van der Waals surface area contributed by atoms with Gasteiger partial charge in [0.25, 0.3) is 0 Å². The summed E-state index contributed by atoms with van der Waals surface area (Å²) in [4.78, 5) is 18.8. The van der Waals surface area contributed by atoms with Gasteiger partial charge in [-0.25, -0.2) is 0 Å². The lowest BCUT2D eigenvalue weighted by Crippen LogP contribution is -2.47. The van der Waals surface area contributed by atoms with Gasteiger partial charge in [0.05, 0.1) is 13.7 Å². The highest BCUT2D eigenvalue weighted by Gasteiger charge is 2.23. The predicted molar refractivity (Wildman–Crippen MR) is 121 cm³/mol. The molecule has 0 aromatic heterocycles. The zero-order valence-corrected chi connectivity index (χ0v) is 17.9. The number of carbonyl (C=O) groups excluding carboxylic acids is 1. The van der Waals surface area contributed by atoms with E-state index in [1.165, 1.54) is 11.3 Å². The molecular formula is C23H31N5O2. The molecule has 0 saturated carbocycles. The molecule has 30 heavy (non-hydrogen) atoms. The van der Waals surface area contributed by atoms with E-state index in [2.05, 4.69) is 57.0 Å². The van der Waals surface area contributed by atoms with E-state index in [1.54, 1.807) is 14.2 Å². The quantitative estimate of drug-likeness (QED) is 0.482. The summed E-state index contributed by atoms with van der Waals surface area (Å²) in [6, 6.07) is 16.5. The van der Waals surface area contributed by atoms with Crippen molar-refractivity contribution in [3.63, 3.8) is 0 Å². The van der Waals surface area contributed by atoms with E-state index in [4.69, 9.17) is 4.74 Å². The summed E-state index contributed by atoms with van der Waals surface area (Å²) in [5.74, 6) is 1.36. The first-order valence-corrected chi connectivity index (χ1v) is 10.3. The third-order valence-electron chi connectivity index (χ3n) is 5.22. The van der Waals surface area contributed by atoms with Crippen LogP contribution in [0.15, 0.2) is 53.5 Å². The van der Waals surface area contributed by atoms with Gasteiger partial charge in [0.1, 0.15) is 5.75 Å². The number of methoxy groups -OCH3 is 1. The fourth-order valence-corrected chi connectivity index (χ4v) is 3.43. The summed E-state index contributed by atoms with van der Waals surface area (Å²) in [5.41, 5.74) is 3.53. The molecule has 0 radical (unpaired) electrons. The number of aliphatic imine (C=N–C) groups is 1. The van der Waals surface area contributed by atoms with Crippen LogP contribution in [0.3, 0.4) is 0 Å². The predicted octanol–water partition coefficient (Wildman–Crippen LogP) is 2.06. The molecule has 1 saturated heterocycles. The molecule has 0 spiro atoms. The highest BCUT2D eigenvalue weighted by Crippen LogP contribution is 2.20. The minimum Gasteiger partial charge on any atom is -0.497 e. The SMILES string of the molecule is CN=C(NCC(=O)NCc1ccc(OC)cc1)NC1CCN(c2ccc(C)cc2)C1. The van der Waals surface area contributed by atoms with Gasteiger partial charge in [-0.05, 0) is 43.2 Å². The van der Waals surface area contributed by atoms with Crippen molar-refractivity contribution in [3.8, 4) is 5.75 Å². The number of amides is 1. The molecule has 1 amide bonds. The number of guanidine groups is 1. The van der Waals surface area contributed by atoms with E-state index in [9.17, 15) is 4.79 Å². The molecule has 1 fully saturated rings. The molecule has 7 heteroatoms. The Morgan fingerprint density at radius 3 is 2.53 bits per heavy atom. The second-order valence-electron chi connectivity index (χ2n) is 7.46. The Hall–Kier alpha value is -3.22. The summed E-state index contributed by atoms with van der Waals surface area (Å²) < 4.78 is 5.14. The van der Waals surface area contributed by atoms with E-state index >= 15 is 0 Å². The highest BCUT2D eigenvalue weighted by atomic mass is 16.5. The zero-order valence-electron chi connectivity index (χ0n) is 17.9. The molecular weight excluding hydrogens is 378 g/mol. The number of ether oxygens (including phenoxy) is 1. The molecule has 7 nitrogen and oxygen atoms in total. The second-order valence-corrected chi connectivity index (χ2v) is 7.46. The standard InChI is InChI=1S/C23H31N5O2/c1-17-4-8-20(9-5-17)28-13-12-19(16-28)27-23(24-2)26-15-22(29)25-14-18-6-10-21(30-3)11-7-18/h4-11,19H,12-16H2,1-3H3,(H,25,29)(H2,24,26,27). The Kier molecular flexibility index (Phi) is 7.54. The van der Waals surface area contributed by atoms with Gasteiger partial charge in [-0.3, -0.25) is 9.79 Å². The molecule has 2 aromatic rings. The molecule has 1 aliphatic heterocycles. The number of carbonyl (C=O) groups is 1. The van der Waals surface area contributed by atoms with E-state index in [-0.39, 0.29) is 12.5 Å². The largest absolute Gasteiger partial charge is 0.497 e. The Morgan fingerprint density at radius 1 is 1.13 bits per heavy atom. The Balaban J connectivity index is 1.40. The van der Waals surface area contributed by atoms with Crippen molar-refractivity contribution in [2.24, 2.45) is 4.99 Å². The van der Waals surface area contributed by atoms with Crippen molar-refractivity contribution in [2.45, 2.75) is 25.9 Å². The van der Waals surface area contributed by atoms with Crippen LogP contribution < -0.4 is 25.6 Å². The van der Waals surface area contributed by atoms with E-state index in [0.717, 1.165) is 30.8 Å². The lowest BCUT2D eigenvalue weighted by Gasteiger charge is -2.20. The fraction of sp³-hybridized carbons (Fsp3) is 0.391. The van der Waals surface area contributed by atoms with Gasteiger partial charge in [0, 0.05) is 38.4 Å². The van der Waals surface area contributed by atoms with Crippen LogP contribution in [0.1, 0.15) is 17.5 Å². The summed E-state index contributed by atoms with van der Waals surface area (Å²) >= 11 is 0. The number of hydrogen-bond donors (Lipinski definition) is 3. The van der Waals surface area contributed by atoms with Gasteiger partial charge < -0.3 is 25.6 Å². The highest BCUT2D eigenvalue weighted by molar-refractivity contribution is 5.86. The molecule has 1 aliphatic rings. The minimum atomic E-state index is -0.0820. The van der Waals surface area contributed by atoms with E-state index < -0.39 is 0 Å². The number of aryl methyl sites for hydroxylation is 1. The molecule has 3 rings (SSSR count). The normalized spacial score (nSPS) is 16.3. The lowest BCUT2D eigenvalue weighted by atomic mass is 10.2. The monoisotopic (exact) mass is 409 g/mol. The molecule has 2 aromatic carbocycles. The summed E-state index contributed by atoms with van der Waals surface area (Å²) in [6.45, 7) is 4.66. The van der Waals surface area contributed by atoms with Crippen molar-refractivity contribution in [3.05, 3.63) is 59.7 Å². The van der Waals surface area contributed by atoms with Crippen molar-refractivity contribution >= 4 is 17.6 Å². The number of nitrogens with zero attached hydrogens (tertiary/aromatic N) is 2. The molecule has 1 unspecified atom stereocenters. The maximum Gasteiger partial charge on any atom is 0.239 e. The molecule has 160 valence electrons. The first kappa shape index (κ1) is 21.5. The third kappa shape index (κ3) is 6.14. The van der Waals surface area contributed by atoms with Crippen LogP contribution in [-0.4, -0.2) is 51.7 Å². The average Bonchev–Trinajstić information content (AvgIpc) is 3.24. The first-order chi connectivity index (χ1) is 14.6. The van der Waals surface area contributed by atoms with Crippen molar-refractivity contribution < 1.29 is 9.53 Å². The van der Waals surface area contributed by atoms with Crippen LogP contribution in [0.5, 0.6) is 5.75 Å². The maximum absolute atomic E-state index is 12.2. The minimum absolute atomic E-state index is 0.0820. The maximum atomic E-state index is 12.2. The van der Waals surface area contributed by atoms with Crippen LogP contribution in [0.25, 0.3) is 0 Å². The van der Waals surface area contributed by atoms with Crippen LogP contribution in [0, 0.1) is 6.92 Å². The molecule has 1 heterocycles. The Morgan fingerprint density at radius 2 is 1.87 bits per heavy atom. The first-order valence-electron chi connectivity index (χ1n) is 10.3. The number of anilines is 1. The van der Waals surface area contributed by atoms with Gasteiger partial charge in [-0.1, -0.05) is 29.8 Å². The second kappa shape index (κ2) is 10.5. The van der Waals surface area contributed by atoms with Gasteiger partial charge in [-0.15, -0.1) is 0 Å². The number of nitrogens with one attached hydrogen (secondary N) is 3. The van der Waals surface area contributed by atoms with Crippen molar-refractivity contribution in [2.75, 3.05) is 38.7 Å². The summed E-state index contributed by atoms with van der Waals surface area (Å²) in [6.07, 6.45) is 1.03. The van der Waals surface area contributed by atoms with Crippen LogP contribution in [0.4, 0.5) is 5.69 Å². The number of hydrogen-bond acceptors (Lipinski definition) is 4. The average molecular weight is 410 g/mol. The lowest BCUT2D eigenvalue weighted by molar-refractivity contribution is -0.120. The van der Waals surface area contributed by atoms with Crippen LogP contribution in [-0.2, 0) is 11.3 Å². The molecule has 1 atom stereocenters. The van der Waals surface area contributed by atoms with Gasteiger partial charge in [0.15, 0.2) is 5.96 Å². The Labute approximate surface area is 178 Å². The third-order valence-corrected chi connectivity index (χ3v) is 5.22. The van der Waals surface area contributed by atoms with Crippen molar-refractivity contribution in [1.82, 2.24) is 16.0 Å². The van der Waals surface area contributed by atoms with Gasteiger partial charge in [-0.2, -0.15) is 0 Å². The smallest absolute Gasteiger partial charge is 0.239 e. The van der Waals surface area contributed by atoms with E-state index in [1.807, 2.05) is 24.3 Å². The fourth-order valence-electron chi connectivity index (χ4n) is 3.43. The zero-order chi connectivity index (χ0) is 21.3. The summed E-state index contributed by atoms with van der Waals surface area (Å²) in [5, 5.41) is 9.43. The van der Waals surface area contributed by atoms with E-state index in [0.29, 0.717) is 18.5 Å². The molecule has 3 N–H and O–H groups in total. The number of benzene rings is 2. The van der Waals surface area contributed by atoms with Crippen molar-refractivity contribution in [1.29, 1.82) is 0 Å². The Bertz CT molecular complexity index is 849. The van der Waals surface area contributed by atoms with Gasteiger partial charge in [0.2, 0.25) is 5.91 Å². The van der Waals surface area contributed by atoms with Gasteiger partial charge >= 0.3 is 0 Å². The topological polar surface area (TPSA) is 78.0 Å². The number of rotatable bonds is 7. The van der Waals surface area contributed by atoms with Crippen LogP contribution in [0.2, 0.25) is 0 Å². The molecule has 0 aliphatic carbocycles. The molecule has 0 bridgehead atoms. The van der Waals surface area contributed by atoms with Crippen LogP contribution >= 0.6 is 0 Å². The summed E-state index contributed by atoms with van der Waals surface area (Å²) in [7, 11) is 3.35.